The highest BCUT2D eigenvalue weighted by molar-refractivity contribution is 5.20. The van der Waals surface area contributed by atoms with Gasteiger partial charge in [0.2, 0.25) is 0 Å². The molecular weight excluding hydrogens is 369 g/mol. The van der Waals surface area contributed by atoms with Gasteiger partial charge in [-0.25, -0.2) is 13.2 Å². The van der Waals surface area contributed by atoms with Gasteiger partial charge in [0.05, 0.1) is 6.10 Å². The summed E-state index contributed by atoms with van der Waals surface area (Å²) in [6, 6.07) is 2.05. The van der Waals surface area contributed by atoms with Gasteiger partial charge in [0.1, 0.15) is 0 Å². The Balaban J connectivity index is 2.66. The van der Waals surface area contributed by atoms with E-state index in [1.165, 1.54) is 25.7 Å². The van der Waals surface area contributed by atoms with Gasteiger partial charge in [-0.15, -0.1) is 0 Å². The van der Waals surface area contributed by atoms with E-state index < -0.39 is 23.9 Å². The smallest absolute Gasteiger partial charge is 0.271 e. The Morgan fingerprint density at radius 2 is 1.32 bits per heavy atom. The molecule has 0 bridgehead atoms. The molecule has 1 rings (SSSR count). The average Bonchev–Trinajstić information content (AvgIpc) is 2.65. The zero-order valence-electron chi connectivity index (χ0n) is 17.4. The molecule has 0 heterocycles. The van der Waals surface area contributed by atoms with Crippen molar-refractivity contribution in [3.8, 4) is 0 Å². The van der Waals surface area contributed by atoms with Crippen LogP contribution in [0.15, 0.2) is 12.1 Å². The lowest BCUT2D eigenvalue weighted by Gasteiger charge is -2.24. The summed E-state index contributed by atoms with van der Waals surface area (Å²) >= 11 is 0. The largest absolute Gasteiger partial charge is 0.330 e. The number of halogens is 3. The van der Waals surface area contributed by atoms with E-state index in [1.807, 2.05) is 13.8 Å². The third kappa shape index (κ3) is 9.89. The molecular formula is C22H35F3O3. The Kier molecular flexibility index (Phi) is 13.2. The van der Waals surface area contributed by atoms with Gasteiger partial charge in [-0.1, -0.05) is 51.9 Å². The molecule has 0 fully saturated rings. The number of hydrogen-bond donors (Lipinski definition) is 0. The Hall–Kier alpha value is -1.11. The molecule has 162 valence electrons. The summed E-state index contributed by atoms with van der Waals surface area (Å²) < 4.78 is 57.1. The van der Waals surface area contributed by atoms with Crippen LogP contribution in [-0.2, 0) is 20.6 Å². The van der Waals surface area contributed by atoms with Crippen molar-refractivity contribution < 1.29 is 27.4 Å². The number of hydrogen-bond acceptors (Lipinski definition) is 3. The van der Waals surface area contributed by atoms with Gasteiger partial charge < -0.3 is 14.2 Å². The maximum Gasteiger partial charge on any atom is 0.271 e. The Labute approximate surface area is 167 Å². The van der Waals surface area contributed by atoms with E-state index in [9.17, 15) is 13.2 Å². The van der Waals surface area contributed by atoms with Crippen molar-refractivity contribution in [2.75, 3.05) is 13.2 Å². The van der Waals surface area contributed by atoms with Crippen molar-refractivity contribution in [1.29, 1.82) is 0 Å². The minimum atomic E-state index is -1.45. The molecule has 0 aromatic heterocycles. The molecule has 3 nitrogen and oxygen atoms in total. The minimum absolute atomic E-state index is 0.264. The second-order valence-electron chi connectivity index (χ2n) is 6.95. The zero-order chi connectivity index (χ0) is 20.8. The highest BCUT2D eigenvalue weighted by Crippen LogP contribution is 2.20. The molecule has 0 saturated heterocycles. The first-order valence-corrected chi connectivity index (χ1v) is 10.5. The fourth-order valence-corrected chi connectivity index (χ4v) is 3.09. The van der Waals surface area contributed by atoms with Gasteiger partial charge in [0, 0.05) is 13.2 Å². The molecule has 0 saturated carbocycles. The van der Waals surface area contributed by atoms with Crippen LogP contribution in [0.3, 0.4) is 0 Å². The van der Waals surface area contributed by atoms with Gasteiger partial charge in [-0.05, 0) is 44.4 Å². The van der Waals surface area contributed by atoms with Crippen LogP contribution < -0.4 is 0 Å². The van der Waals surface area contributed by atoms with Crippen molar-refractivity contribution in [2.45, 2.75) is 91.1 Å². The number of benzene rings is 1. The van der Waals surface area contributed by atoms with Crippen LogP contribution in [0.1, 0.15) is 77.7 Å². The van der Waals surface area contributed by atoms with E-state index in [0.29, 0.717) is 25.2 Å². The fourth-order valence-electron chi connectivity index (χ4n) is 3.09. The molecule has 6 heteroatoms. The Bertz CT molecular complexity index is 511. The molecule has 0 aliphatic heterocycles. The lowest BCUT2D eigenvalue weighted by molar-refractivity contribution is -0.301. The predicted octanol–water partition coefficient (Wildman–Crippen LogP) is 6.53. The van der Waals surface area contributed by atoms with Gasteiger partial charge in [-0.3, -0.25) is 0 Å². The molecule has 0 aliphatic carbocycles. The number of ether oxygens (including phenoxy) is 3. The summed E-state index contributed by atoms with van der Waals surface area (Å²) in [5, 5.41) is 0. The van der Waals surface area contributed by atoms with E-state index >= 15 is 0 Å². The quantitative estimate of drug-likeness (QED) is 0.178. The molecule has 0 spiro atoms. The van der Waals surface area contributed by atoms with E-state index in [2.05, 4.69) is 6.92 Å². The van der Waals surface area contributed by atoms with Crippen molar-refractivity contribution in [1.82, 2.24) is 0 Å². The summed E-state index contributed by atoms with van der Waals surface area (Å²) in [5.74, 6) is -3.82. The van der Waals surface area contributed by atoms with Crippen LogP contribution in [-0.4, -0.2) is 25.8 Å². The Morgan fingerprint density at radius 1 is 0.786 bits per heavy atom. The van der Waals surface area contributed by atoms with Gasteiger partial charge >= 0.3 is 0 Å². The molecule has 0 radical (unpaired) electrons. The standard InChI is InChI=1S/C22H35F3O3/c1-4-7-8-9-10-11-12-13-18(28-22(26-5-2)27-6-3)14-17-15-19(23)21(25)20(24)16-17/h15-16,18,22H,4-14H2,1-3H3. The molecule has 1 aromatic carbocycles. The highest BCUT2D eigenvalue weighted by Gasteiger charge is 2.20. The topological polar surface area (TPSA) is 27.7 Å². The number of unbranched alkanes of at least 4 members (excludes halogenated alkanes) is 6. The van der Waals surface area contributed by atoms with E-state index in [0.717, 1.165) is 31.4 Å². The Morgan fingerprint density at radius 3 is 1.86 bits per heavy atom. The van der Waals surface area contributed by atoms with Crippen LogP contribution in [0.25, 0.3) is 0 Å². The van der Waals surface area contributed by atoms with Crippen LogP contribution >= 0.6 is 0 Å². The minimum Gasteiger partial charge on any atom is -0.330 e. The third-order valence-electron chi connectivity index (χ3n) is 4.55. The van der Waals surface area contributed by atoms with Crippen LogP contribution in [0.5, 0.6) is 0 Å². The van der Waals surface area contributed by atoms with Crippen molar-refractivity contribution in [3.63, 3.8) is 0 Å². The van der Waals surface area contributed by atoms with Crippen LogP contribution in [0.4, 0.5) is 13.2 Å². The normalized spacial score (nSPS) is 12.7. The summed E-state index contributed by atoms with van der Waals surface area (Å²) in [5.41, 5.74) is 0.357. The predicted molar refractivity (Wildman–Crippen MR) is 105 cm³/mol. The lowest BCUT2D eigenvalue weighted by atomic mass is 10.0. The van der Waals surface area contributed by atoms with Crippen LogP contribution in [0, 0.1) is 17.5 Å². The zero-order valence-corrected chi connectivity index (χ0v) is 17.4. The van der Waals surface area contributed by atoms with Gasteiger partial charge in [-0.2, -0.15) is 0 Å². The molecule has 0 amide bonds. The first-order chi connectivity index (χ1) is 13.5. The molecule has 1 aromatic rings. The van der Waals surface area contributed by atoms with E-state index in [-0.39, 0.29) is 12.5 Å². The molecule has 0 N–H and O–H groups in total. The molecule has 0 aliphatic rings. The highest BCUT2D eigenvalue weighted by atomic mass is 19.2. The lowest BCUT2D eigenvalue weighted by Crippen LogP contribution is -2.29. The SMILES string of the molecule is CCCCCCCCCC(Cc1cc(F)c(F)c(F)c1)OC(OCC)OCC. The monoisotopic (exact) mass is 404 g/mol. The second-order valence-corrected chi connectivity index (χ2v) is 6.95. The molecule has 28 heavy (non-hydrogen) atoms. The number of rotatable bonds is 16. The van der Waals surface area contributed by atoms with Crippen molar-refractivity contribution in [2.24, 2.45) is 0 Å². The maximum atomic E-state index is 13.5. The summed E-state index contributed by atoms with van der Waals surface area (Å²) in [7, 11) is 0. The second kappa shape index (κ2) is 14.8. The van der Waals surface area contributed by atoms with E-state index in [1.54, 1.807) is 0 Å². The summed E-state index contributed by atoms with van der Waals surface area (Å²) in [6.45, 7) is 5.90. The van der Waals surface area contributed by atoms with E-state index in [4.69, 9.17) is 14.2 Å². The third-order valence-corrected chi connectivity index (χ3v) is 4.55. The summed E-state index contributed by atoms with van der Waals surface area (Å²) in [6.07, 6.45) is 8.77. The maximum absolute atomic E-state index is 13.5. The first kappa shape index (κ1) is 24.9. The van der Waals surface area contributed by atoms with Gasteiger partial charge in [0.25, 0.3) is 6.48 Å². The van der Waals surface area contributed by atoms with Crippen LogP contribution in [0.2, 0.25) is 0 Å². The van der Waals surface area contributed by atoms with Crippen molar-refractivity contribution >= 4 is 0 Å². The first-order valence-electron chi connectivity index (χ1n) is 10.5. The fraction of sp³-hybridized carbons (Fsp3) is 0.727. The summed E-state index contributed by atoms with van der Waals surface area (Å²) in [4.78, 5) is 0. The molecule has 1 unspecified atom stereocenters. The average molecular weight is 405 g/mol. The van der Waals surface area contributed by atoms with Gasteiger partial charge in [0.15, 0.2) is 17.5 Å². The molecule has 1 atom stereocenters. The van der Waals surface area contributed by atoms with Crippen molar-refractivity contribution in [3.05, 3.63) is 35.1 Å².